The van der Waals surface area contributed by atoms with Crippen LogP contribution in [0.5, 0.6) is 0 Å². The molecule has 1 fully saturated rings. The molecule has 1 aliphatic rings. The number of nitrogens with one attached hydrogen (secondary N) is 1. The van der Waals surface area contributed by atoms with Gasteiger partial charge in [-0.1, -0.05) is 12.1 Å². The molecule has 5 heteroatoms. The maximum atomic E-state index is 10.9. The molecule has 0 aliphatic carbocycles. The Labute approximate surface area is 130 Å². The number of H-pyrrole nitrogens is 1. The normalized spacial score (nSPS) is 19.2. The zero-order chi connectivity index (χ0) is 15.5. The first-order chi connectivity index (χ1) is 10.6. The van der Waals surface area contributed by atoms with E-state index in [1.54, 1.807) is 12.1 Å². The van der Waals surface area contributed by atoms with Crippen molar-refractivity contribution in [3.63, 3.8) is 0 Å². The lowest BCUT2D eigenvalue weighted by Gasteiger charge is -2.31. The Morgan fingerprint density at radius 1 is 1.41 bits per heavy atom. The maximum absolute atomic E-state index is 10.9. The molecule has 0 bridgehead atoms. The van der Waals surface area contributed by atoms with Gasteiger partial charge in [-0.2, -0.15) is 0 Å². The topological polar surface area (TPSA) is 69.2 Å². The van der Waals surface area contributed by atoms with Gasteiger partial charge in [0.05, 0.1) is 5.56 Å². The van der Waals surface area contributed by atoms with Gasteiger partial charge in [-0.25, -0.2) is 9.78 Å². The van der Waals surface area contributed by atoms with Gasteiger partial charge in [0, 0.05) is 30.9 Å². The third-order valence-corrected chi connectivity index (χ3v) is 4.22. The number of hydrogen-bond acceptors (Lipinski definition) is 3. The standard InChI is InChI=1S/C17H21N3O2/c1-12-9-18-16(19-12)15-3-2-8-20(11-15)10-13-4-6-14(7-5-13)17(21)22/h4-7,9,15H,2-3,8,10-11H2,1H3,(H,18,19)(H,21,22)/t15-/m0/s1. The molecule has 0 saturated carbocycles. The first-order valence-electron chi connectivity index (χ1n) is 7.68. The molecular formula is C17H21N3O2. The lowest BCUT2D eigenvalue weighted by molar-refractivity contribution is 0.0697. The van der Waals surface area contributed by atoms with Crippen LogP contribution in [0.2, 0.25) is 0 Å². The molecule has 22 heavy (non-hydrogen) atoms. The highest BCUT2D eigenvalue weighted by Crippen LogP contribution is 2.25. The van der Waals surface area contributed by atoms with Gasteiger partial charge in [0.25, 0.3) is 0 Å². The Morgan fingerprint density at radius 2 is 2.18 bits per heavy atom. The second kappa shape index (κ2) is 6.32. The Kier molecular flexibility index (Phi) is 4.24. The van der Waals surface area contributed by atoms with Crippen molar-refractivity contribution in [2.24, 2.45) is 0 Å². The molecule has 5 nitrogen and oxygen atoms in total. The first-order valence-corrected chi connectivity index (χ1v) is 7.68. The second-order valence-corrected chi connectivity index (χ2v) is 6.03. The van der Waals surface area contributed by atoms with E-state index in [4.69, 9.17) is 5.11 Å². The molecule has 1 aliphatic heterocycles. The van der Waals surface area contributed by atoms with Crippen LogP contribution >= 0.6 is 0 Å². The van der Waals surface area contributed by atoms with Crippen molar-refractivity contribution in [2.45, 2.75) is 32.2 Å². The molecule has 3 rings (SSSR count). The monoisotopic (exact) mass is 299 g/mol. The van der Waals surface area contributed by atoms with Gasteiger partial charge in [-0.15, -0.1) is 0 Å². The largest absolute Gasteiger partial charge is 0.478 e. The number of hydrogen-bond donors (Lipinski definition) is 2. The molecule has 1 aromatic heterocycles. The molecule has 116 valence electrons. The Balaban J connectivity index is 1.63. The summed E-state index contributed by atoms with van der Waals surface area (Å²) in [6.07, 6.45) is 4.22. The van der Waals surface area contributed by atoms with E-state index in [9.17, 15) is 4.79 Å². The number of rotatable bonds is 4. The van der Waals surface area contributed by atoms with Crippen LogP contribution < -0.4 is 0 Å². The number of aromatic carboxylic acids is 1. The smallest absolute Gasteiger partial charge is 0.335 e. The molecule has 2 heterocycles. The van der Waals surface area contributed by atoms with Crippen LogP contribution in [-0.4, -0.2) is 39.0 Å². The summed E-state index contributed by atoms with van der Waals surface area (Å²) < 4.78 is 0. The van der Waals surface area contributed by atoms with Crippen molar-refractivity contribution in [1.82, 2.24) is 14.9 Å². The number of aromatic nitrogens is 2. The fourth-order valence-electron chi connectivity index (χ4n) is 3.07. The van der Waals surface area contributed by atoms with Crippen LogP contribution in [-0.2, 0) is 6.54 Å². The van der Waals surface area contributed by atoms with E-state index < -0.39 is 5.97 Å². The first kappa shape index (κ1) is 14.8. The second-order valence-electron chi connectivity index (χ2n) is 6.03. The molecule has 1 aromatic carbocycles. The number of carbonyl (C=O) groups is 1. The fraction of sp³-hybridized carbons (Fsp3) is 0.412. The summed E-state index contributed by atoms with van der Waals surface area (Å²) in [6, 6.07) is 7.16. The summed E-state index contributed by atoms with van der Waals surface area (Å²) in [7, 11) is 0. The van der Waals surface area contributed by atoms with E-state index in [-0.39, 0.29) is 0 Å². The van der Waals surface area contributed by atoms with Crippen molar-refractivity contribution in [2.75, 3.05) is 13.1 Å². The van der Waals surface area contributed by atoms with E-state index >= 15 is 0 Å². The quantitative estimate of drug-likeness (QED) is 0.911. The number of piperidine rings is 1. The van der Waals surface area contributed by atoms with Crippen molar-refractivity contribution >= 4 is 5.97 Å². The molecule has 0 spiro atoms. The molecular weight excluding hydrogens is 278 g/mol. The number of likely N-dealkylation sites (tertiary alicyclic amines) is 1. The van der Waals surface area contributed by atoms with Crippen LogP contribution in [0.1, 0.15) is 46.2 Å². The highest BCUT2D eigenvalue weighted by atomic mass is 16.4. The zero-order valence-electron chi connectivity index (χ0n) is 12.7. The number of aromatic amines is 1. The van der Waals surface area contributed by atoms with Gasteiger partial charge in [-0.05, 0) is 44.0 Å². The third-order valence-electron chi connectivity index (χ3n) is 4.22. The van der Waals surface area contributed by atoms with Gasteiger partial charge in [0.15, 0.2) is 0 Å². The van der Waals surface area contributed by atoms with Crippen LogP contribution in [0.25, 0.3) is 0 Å². The molecule has 1 saturated heterocycles. The number of aryl methyl sites for hydroxylation is 1. The zero-order valence-corrected chi connectivity index (χ0v) is 12.7. The van der Waals surface area contributed by atoms with Gasteiger partial charge in [0.1, 0.15) is 5.82 Å². The van der Waals surface area contributed by atoms with Gasteiger partial charge >= 0.3 is 5.97 Å². The van der Waals surface area contributed by atoms with Crippen LogP contribution in [0.15, 0.2) is 30.5 Å². The number of carboxylic acid groups (broad SMARTS) is 1. The van der Waals surface area contributed by atoms with Gasteiger partial charge < -0.3 is 10.1 Å². The summed E-state index contributed by atoms with van der Waals surface area (Å²) in [6.45, 7) is 4.96. The number of nitrogens with zero attached hydrogens (tertiary/aromatic N) is 2. The molecule has 2 N–H and O–H groups in total. The van der Waals surface area contributed by atoms with Crippen molar-refractivity contribution < 1.29 is 9.90 Å². The van der Waals surface area contributed by atoms with Crippen molar-refractivity contribution in [1.29, 1.82) is 0 Å². The minimum absolute atomic E-state index is 0.339. The maximum Gasteiger partial charge on any atom is 0.335 e. The summed E-state index contributed by atoms with van der Waals surface area (Å²) in [5.41, 5.74) is 2.60. The van der Waals surface area contributed by atoms with E-state index in [1.807, 2.05) is 25.3 Å². The summed E-state index contributed by atoms with van der Waals surface area (Å²) in [5.74, 6) is 0.668. The summed E-state index contributed by atoms with van der Waals surface area (Å²) >= 11 is 0. The highest BCUT2D eigenvalue weighted by Gasteiger charge is 2.23. The Morgan fingerprint density at radius 3 is 2.82 bits per heavy atom. The van der Waals surface area contributed by atoms with Gasteiger partial charge in [0.2, 0.25) is 0 Å². The number of carboxylic acids is 1. The molecule has 0 unspecified atom stereocenters. The fourth-order valence-corrected chi connectivity index (χ4v) is 3.07. The lowest BCUT2D eigenvalue weighted by atomic mass is 9.97. The minimum atomic E-state index is -0.877. The summed E-state index contributed by atoms with van der Waals surface area (Å²) in [5, 5.41) is 8.94. The lowest BCUT2D eigenvalue weighted by Crippen LogP contribution is -2.34. The predicted octanol–water partition coefficient (Wildman–Crippen LogP) is 2.80. The van der Waals surface area contributed by atoms with E-state index in [1.165, 1.54) is 6.42 Å². The average molecular weight is 299 g/mol. The highest BCUT2D eigenvalue weighted by molar-refractivity contribution is 5.87. The molecule has 1 atom stereocenters. The third kappa shape index (κ3) is 3.36. The van der Waals surface area contributed by atoms with Crippen molar-refractivity contribution in [3.8, 4) is 0 Å². The van der Waals surface area contributed by atoms with E-state index in [0.29, 0.717) is 11.5 Å². The van der Waals surface area contributed by atoms with Crippen LogP contribution in [0.4, 0.5) is 0 Å². The molecule has 0 amide bonds. The summed E-state index contributed by atoms with van der Waals surface area (Å²) in [4.78, 5) is 21.1. The van der Waals surface area contributed by atoms with E-state index in [0.717, 1.165) is 43.1 Å². The predicted molar refractivity (Wildman–Crippen MR) is 84.0 cm³/mol. The average Bonchev–Trinajstić information content (AvgIpc) is 2.95. The van der Waals surface area contributed by atoms with E-state index in [2.05, 4.69) is 14.9 Å². The van der Waals surface area contributed by atoms with Crippen molar-refractivity contribution in [3.05, 3.63) is 53.1 Å². The Hall–Kier alpha value is -2.14. The molecule has 0 radical (unpaired) electrons. The number of benzene rings is 1. The van der Waals surface area contributed by atoms with Crippen LogP contribution in [0, 0.1) is 6.92 Å². The SMILES string of the molecule is Cc1cnc([C@H]2CCCN(Cc3ccc(C(=O)O)cc3)C2)[nH]1. The van der Waals surface area contributed by atoms with Crippen LogP contribution in [0.3, 0.4) is 0 Å². The number of imidazole rings is 1. The molecule has 2 aromatic rings. The minimum Gasteiger partial charge on any atom is -0.478 e. The van der Waals surface area contributed by atoms with Gasteiger partial charge in [-0.3, -0.25) is 4.90 Å². The Bertz CT molecular complexity index is 648.